The van der Waals surface area contributed by atoms with Crippen LogP contribution >= 0.6 is 11.6 Å². The molecule has 0 amide bonds. The van der Waals surface area contributed by atoms with Crippen LogP contribution in [0.5, 0.6) is 0 Å². The topological polar surface area (TPSA) is 43.1 Å². The molecule has 3 aromatic rings. The lowest BCUT2D eigenvalue weighted by atomic mass is 9.97. The molecule has 0 fully saturated rings. The Bertz CT molecular complexity index is 861. The predicted molar refractivity (Wildman–Crippen MR) is 83.2 cm³/mol. The van der Waals surface area contributed by atoms with E-state index < -0.39 is 5.82 Å². The van der Waals surface area contributed by atoms with Gasteiger partial charge in [-0.25, -0.2) is 4.39 Å². The zero-order valence-corrected chi connectivity index (χ0v) is 11.7. The third kappa shape index (κ3) is 2.36. The van der Waals surface area contributed by atoms with Gasteiger partial charge >= 0.3 is 0 Å². The number of anilines is 1. The molecule has 0 radical (unpaired) electrons. The van der Waals surface area contributed by atoms with Crippen LogP contribution in [0, 0.1) is 5.82 Å². The van der Waals surface area contributed by atoms with E-state index in [1.807, 2.05) is 24.3 Å². The van der Waals surface area contributed by atoms with Crippen molar-refractivity contribution in [1.29, 1.82) is 0 Å². The number of nitrogens with two attached hydrogens (primary N) is 1. The van der Waals surface area contributed by atoms with Gasteiger partial charge in [0.1, 0.15) is 5.82 Å². The van der Waals surface area contributed by atoms with E-state index in [1.54, 1.807) is 12.1 Å². The molecule has 0 heterocycles. The van der Waals surface area contributed by atoms with Gasteiger partial charge in [0.2, 0.25) is 0 Å². The van der Waals surface area contributed by atoms with Crippen molar-refractivity contribution >= 4 is 33.8 Å². The standard InChI is InChI=1S/C17H11ClFNO/c18-14-7-6-13(11-3-1-2-4-12(11)14)17(21)10-5-8-15(19)16(20)9-10/h1-9H,20H2. The van der Waals surface area contributed by atoms with Crippen LogP contribution in [0.3, 0.4) is 0 Å². The highest BCUT2D eigenvalue weighted by atomic mass is 35.5. The first-order valence-electron chi connectivity index (χ1n) is 6.35. The molecular weight excluding hydrogens is 289 g/mol. The van der Waals surface area contributed by atoms with Crippen LogP contribution in [-0.2, 0) is 0 Å². The highest BCUT2D eigenvalue weighted by molar-refractivity contribution is 6.36. The molecule has 0 aliphatic carbocycles. The van der Waals surface area contributed by atoms with E-state index >= 15 is 0 Å². The molecule has 21 heavy (non-hydrogen) atoms. The maximum atomic E-state index is 13.2. The van der Waals surface area contributed by atoms with Crippen LogP contribution in [0.15, 0.2) is 54.6 Å². The van der Waals surface area contributed by atoms with Gasteiger partial charge in [-0.15, -0.1) is 0 Å². The smallest absolute Gasteiger partial charge is 0.193 e. The molecule has 0 atom stereocenters. The number of ketones is 1. The second-order valence-corrected chi connectivity index (χ2v) is 5.11. The monoisotopic (exact) mass is 299 g/mol. The van der Waals surface area contributed by atoms with Crippen molar-refractivity contribution in [3.63, 3.8) is 0 Å². The maximum absolute atomic E-state index is 13.2. The van der Waals surface area contributed by atoms with Crippen molar-refractivity contribution in [3.05, 3.63) is 76.6 Å². The van der Waals surface area contributed by atoms with Crippen LogP contribution in [0.25, 0.3) is 10.8 Å². The molecule has 0 bridgehead atoms. The van der Waals surface area contributed by atoms with Crippen LogP contribution in [0.1, 0.15) is 15.9 Å². The van der Waals surface area contributed by atoms with Gasteiger partial charge in [0, 0.05) is 21.5 Å². The Labute approximate surface area is 126 Å². The van der Waals surface area contributed by atoms with Gasteiger partial charge in [-0.1, -0.05) is 35.9 Å². The molecular formula is C17H11ClFNO. The van der Waals surface area contributed by atoms with E-state index in [0.717, 1.165) is 10.8 Å². The van der Waals surface area contributed by atoms with Crippen LogP contribution in [0.4, 0.5) is 10.1 Å². The van der Waals surface area contributed by atoms with Gasteiger partial charge in [-0.3, -0.25) is 4.79 Å². The van der Waals surface area contributed by atoms with Crippen molar-refractivity contribution in [2.45, 2.75) is 0 Å². The predicted octanol–water partition coefficient (Wildman–Crippen LogP) is 4.45. The van der Waals surface area contributed by atoms with Crippen LogP contribution in [0.2, 0.25) is 5.02 Å². The third-order valence-electron chi connectivity index (χ3n) is 3.37. The molecule has 0 aliphatic rings. The van der Waals surface area contributed by atoms with E-state index in [2.05, 4.69) is 0 Å². The Morgan fingerprint density at radius 1 is 1.00 bits per heavy atom. The van der Waals surface area contributed by atoms with Crippen molar-refractivity contribution in [1.82, 2.24) is 0 Å². The fourth-order valence-electron chi connectivity index (χ4n) is 2.30. The van der Waals surface area contributed by atoms with Crippen molar-refractivity contribution in [2.75, 3.05) is 5.73 Å². The van der Waals surface area contributed by atoms with Crippen LogP contribution < -0.4 is 5.73 Å². The molecule has 0 aliphatic heterocycles. The number of halogens is 2. The number of rotatable bonds is 2. The number of benzene rings is 3. The summed E-state index contributed by atoms with van der Waals surface area (Å²) in [6.07, 6.45) is 0. The molecule has 0 aromatic heterocycles. The quantitative estimate of drug-likeness (QED) is 0.561. The average molecular weight is 300 g/mol. The Balaban J connectivity index is 2.18. The zero-order valence-electron chi connectivity index (χ0n) is 10.9. The molecule has 2 nitrogen and oxygen atoms in total. The first kappa shape index (κ1) is 13.6. The lowest BCUT2D eigenvalue weighted by Gasteiger charge is -2.08. The van der Waals surface area contributed by atoms with Gasteiger partial charge in [-0.2, -0.15) is 0 Å². The Morgan fingerprint density at radius 3 is 2.43 bits per heavy atom. The van der Waals surface area contributed by atoms with Crippen LogP contribution in [-0.4, -0.2) is 5.78 Å². The summed E-state index contributed by atoms with van der Waals surface area (Å²) >= 11 is 6.14. The van der Waals surface area contributed by atoms with Gasteiger partial charge in [0.15, 0.2) is 5.78 Å². The number of hydrogen-bond donors (Lipinski definition) is 1. The highest BCUT2D eigenvalue weighted by Gasteiger charge is 2.14. The summed E-state index contributed by atoms with van der Waals surface area (Å²) in [5, 5.41) is 2.15. The maximum Gasteiger partial charge on any atom is 0.193 e. The normalized spacial score (nSPS) is 10.8. The minimum atomic E-state index is -0.535. The Hall–Kier alpha value is -2.39. The van der Waals surface area contributed by atoms with Crippen molar-refractivity contribution < 1.29 is 9.18 Å². The summed E-state index contributed by atoms with van der Waals surface area (Å²) in [6.45, 7) is 0. The summed E-state index contributed by atoms with van der Waals surface area (Å²) in [5.74, 6) is -0.748. The molecule has 3 rings (SSSR count). The zero-order chi connectivity index (χ0) is 15.0. The summed E-state index contributed by atoms with van der Waals surface area (Å²) in [7, 11) is 0. The van der Waals surface area contributed by atoms with Crippen molar-refractivity contribution in [3.8, 4) is 0 Å². The summed E-state index contributed by atoms with van der Waals surface area (Å²) < 4.78 is 13.2. The summed E-state index contributed by atoms with van der Waals surface area (Å²) in [5.41, 5.74) is 6.35. The first-order valence-corrected chi connectivity index (χ1v) is 6.72. The fourth-order valence-corrected chi connectivity index (χ4v) is 2.53. The van der Waals surface area contributed by atoms with E-state index in [9.17, 15) is 9.18 Å². The van der Waals surface area contributed by atoms with E-state index in [0.29, 0.717) is 16.1 Å². The number of carbonyl (C=O) groups is 1. The molecule has 3 aromatic carbocycles. The molecule has 0 unspecified atom stereocenters. The molecule has 0 saturated carbocycles. The second-order valence-electron chi connectivity index (χ2n) is 4.71. The molecule has 0 spiro atoms. The number of fused-ring (bicyclic) bond motifs is 1. The number of nitrogen functional groups attached to an aromatic ring is 1. The summed E-state index contributed by atoms with van der Waals surface area (Å²) in [6, 6.07) is 14.7. The lowest BCUT2D eigenvalue weighted by Crippen LogP contribution is -2.04. The average Bonchev–Trinajstić information content (AvgIpc) is 2.50. The third-order valence-corrected chi connectivity index (χ3v) is 3.70. The number of hydrogen-bond acceptors (Lipinski definition) is 2. The Kier molecular flexibility index (Phi) is 3.35. The molecule has 4 heteroatoms. The van der Waals surface area contributed by atoms with E-state index in [4.69, 9.17) is 17.3 Å². The number of carbonyl (C=O) groups excluding carboxylic acids is 1. The summed E-state index contributed by atoms with van der Waals surface area (Å²) in [4.78, 5) is 12.6. The van der Waals surface area contributed by atoms with E-state index in [-0.39, 0.29) is 11.5 Å². The lowest BCUT2D eigenvalue weighted by molar-refractivity contribution is 0.104. The van der Waals surface area contributed by atoms with Gasteiger partial charge in [0.25, 0.3) is 0 Å². The van der Waals surface area contributed by atoms with Gasteiger partial charge in [-0.05, 0) is 35.7 Å². The first-order chi connectivity index (χ1) is 10.1. The Morgan fingerprint density at radius 2 is 1.71 bits per heavy atom. The SMILES string of the molecule is Nc1cc(C(=O)c2ccc(Cl)c3ccccc23)ccc1F. The molecule has 104 valence electrons. The molecule has 0 saturated heterocycles. The molecule has 2 N–H and O–H groups in total. The fraction of sp³-hybridized carbons (Fsp3) is 0. The van der Waals surface area contributed by atoms with Gasteiger partial charge in [0.05, 0.1) is 5.69 Å². The second kappa shape index (κ2) is 5.19. The highest BCUT2D eigenvalue weighted by Crippen LogP contribution is 2.28. The minimum absolute atomic E-state index is 0.0425. The van der Waals surface area contributed by atoms with E-state index in [1.165, 1.54) is 18.2 Å². The van der Waals surface area contributed by atoms with Gasteiger partial charge < -0.3 is 5.73 Å². The minimum Gasteiger partial charge on any atom is -0.396 e. The largest absolute Gasteiger partial charge is 0.396 e. The van der Waals surface area contributed by atoms with Crippen molar-refractivity contribution in [2.24, 2.45) is 0 Å².